The SMILES string of the molecule is NNC(Cc1cc(F)cc(Br)c1)c1ncc(Br)cc1Br. The van der Waals surface area contributed by atoms with Crippen molar-refractivity contribution in [3.05, 3.63) is 61.0 Å². The van der Waals surface area contributed by atoms with Crippen molar-refractivity contribution < 1.29 is 4.39 Å². The van der Waals surface area contributed by atoms with E-state index < -0.39 is 0 Å². The van der Waals surface area contributed by atoms with Gasteiger partial charge in [0.1, 0.15) is 5.82 Å². The number of pyridine rings is 1. The summed E-state index contributed by atoms with van der Waals surface area (Å²) in [7, 11) is 0. The molecule has 1 heterocycles. The molecule has 0 radical (unpaired) electrons. The van der Waals surface area contributed by atoms with Crippen LogP contribution in [0.1, 0.15) is 17.3 Å². The van der Waals surface area contributed by atoms with Gasteiger partial charge < -0.3 is 0 Å². The topological polar surface area (TPSA) is 50.9 Å². The van der Waals surface area contributed by atoms with Crippen molar-refractivity contribution >= 4 is 47.8 Å². The van der Waals surface area contributed by atoms with Crippen LogP contribution in [0, 0.1) is 5.82 Å². The molecule has 106 valence electrons. The first kappa shape index (κ1) is 16.0. The lowest BCUT2D eigenvalue weighted by Crippen LogP contribution is -2.30. The summed E-state index contributed by atoms with van der Waals surface area (Å²) in [6.07, 6.45) is 2.23. The van der Waals surface area contributed by atoms with E-state index in [2.05, 4.69) is 58.2 Å². The second-order valence-electron chi connectivity index (χ2n) is 4.22. The van der Waals surface area contributed by atoms with Crippen LogP contribution in [0.2, 0.25) is 0 Å². The quantitative estimate of drug-likeness (QED) is 0.522. The number of rotatable bonds is 4. The molecule has 0 aliphatic carbocycles. The van der Waals surface area contributed by atoms with Crippen LogP contribution >= 0.6 is 47.8 Å². The van der Waals surface area contributed by atoms with E-state index in [4.69, 9.17) is 5.84 Å². The smallest absolute Gasteiger partial charge is 0.124 e. The third kappa shape index (κ3) is 4.08. The molecule has 2 aromatic rings. The molecule has 0 saturated heterocycles. The van der Waals surface area contributed by atoms with E-state index in [0.717, 1.165) is 20.2 Å². The number of hydrogen-bond donors (Lipinski definition) is 2. The Kier molecular flexibility index (Phi) is 5.68. The van der Waals surface area contributed by atoms with E-state index in [1.54, 1.807) is 6.20 Å². The maximum Gasteiger partial charge on any atom is 0.124 e. The summed E-state index contributed by atoms with van der Waals surface area (Å²) in [6.45, 7) is 0. The van der Waals surface area contributed by atoms with Crippen molar-refractivity contribution in [3.8, 4) is 0 Å². The van der Waals surface area contributed by atoms with Crippen LogP contribution in [0.25, 0.3) is 0 Å². The lowest BCUT2D eigenvalue weighted by molar-refractivity contribution is 0.533. The van der Waals surface area contributed by atoms with Crippen molar-refractivity contribution in [3.63, 3.8) is 0 Å². The first-order valence-corrected chi connectivity index (χ1v) is 8.09. The van der Waals surface area contributed by atoms with Crippen LogP contribution < -0.4 is 11.3 Å². The fraction of sp³-hybridized carbons (Fsp3) is 0.154. The lowest BCUT2D eigenvalue weighted by Gasteiger charge is -2.17. The first-order chi connectivity index (χ1) is 9.49. The van der Waals surface area contributed by atoms with Crippen molar-refractivity contribution in [1.82, 2.24) is 10.4 Å². The average Bonchev–Trinajstić information content (AvgIpc) is 2.35. The molecule has 1 aromatic carbocycles. The molecular weight excluding hydrogens is 457 g/mol. The normalized spacial score (nSPS) is 12.4. The molecule has 0 aliphatic rings. The van der Waals surface area contributed by atoms with E-state index in [1.165, 1.54) is 12.1 Å². The zero-order chi connectivity index (χ0) is 14.7. The Hall–Kier alpha value is -0.340. The molecule has 0 aliphatic heterocycles. The third-order valence-corrected chi connectivity index (χ3v) is 4.26. The zero-order valence-corrected chi connectivity index (χ0v) is 15.0. The molecule has 3 nitrogen and oxygen atoms in total. The summed E-state index contributed by atoms with van der Waals surface area (Å²) in [4.78, 5) is 4.35. The fourth-order valence-corrected chi connectivity index (χ4v) is 3.66. The summed E-state index contributed by atoms with van der Waals surface area (Å²) in [5.74, 6) is 5.32. The fourth-order valence-electron chi connectivity index (χ4n) is 1.88. The molecule has 1 atom stereocenters. The van der Waals surface area contributed by atoms with Crippen molar-refractivity contribution in [2.45, 2.75) is 12.5 Å². The number of nitrogens with two attached hydrogens (primary N) is 1. The maximum atomic E-state index is 13.4. The Balaban J connectivity index is 2.28. The monoisotopic (exact) mass is 465 g/mol. The van der Waals surface area contributed by atoms with E-state index in [9.17, 15) is 4.39 Å². The molecule has 1 unspecified atom stereocenters. The number of hydrazine groups is 1. The van der Waals surface area contributed by atoms with Gasteiger partial charge in [0.25, 0.3) is 0 Å². The number of halogens is 4. The molecule has 3 N–H and O–H groups in total. The van der Waals surface area contributed by atoms with Crippen LogP contribution in [0.4, 0.5) is 4.39 Å². The molecule has 0 amide bonds. The highest BCUT2D eigenvalue weighted by molar-refractivity contribution is 9.11. The Morgan fingerprint density at radius 1 is 1.15 bits per heavy atom. The number of nitrogens with one attached hydrogen (secondary N) is 1. The van der Waals surface area contributed by atoms with Crippen molar-refractivity contribution in [1.29, 1.82) is 0 Å². The van der Waals surface area contributed by atoms with Crippen LogP contribution in [-0.4, -0.2) is 4.98 Å². The van der Waals surface area contributed by atoms with Gasteiger partial charge in [-0.1, -0.05) is 15.9 Å². The molecule has 20 heavy (non-hydrogen) atoms. The highest BCUT2D eigenvalue weighted by Crippen LogP contribution is 2.27. The molecular formula is C13H11Br3FN3. The number of hydrogen-bond acceptors (Lipinski definition) is 3. The Bertz CT molecular complexity index is 602. The van der Waals surface area contributed by atoms with Crippen LogP contribution in [-0.2, 0) is 6.42 Å². The van der Waals surface area contributed by atoms with Gasteiger partial charge in [0.05, 0.1) is 11.7 Å². The van der Waals surface area contributed by atoms with Gasteiger partial charge in [-0.05, 0) is 68.1 Å². The van der Waals surface area contributed by atoms with Gasteiger partial charge in [-0.25, -0.2) is 4.39 Å². The van der Waals surface area contributed by atoms with E-state index >= 15 is 0 Å². The summed E-state index contributed by atoms with van der Waals surface area (Å²) in [5.41, 5.74) is 4.32. The second-order valence-corrected chi connectivity index (χ2v) is 6.91. The predicted molar refractivity (Wildman–Crippen MR) is 87.5 cm³/mol. The largest absolute Gasteiger partial charge is 0.271 e. The van der Waals surface area contributed by atoms with Crippen LogP contribution in [0.5, 0.6) is 0 Å². The van der Waals surface area contributed by atoms with E-state index in [1.807, 2.05) is 12.1 Å². The number of benzene rings is 1. The van der Waals surface area contributed by atoms with Crippen molar-refractivity contribution in [2.75, 3.05) is 0 Å². The predicted octanol–water partition coefficient (Wildman–Crippen LogP) is 4.26. The Labute approximate surface area is 141 Å². The van der Waals surface area contributed by atoms with Gasteiger partial charge in [-0.2, -0.15) is 0 Å². The lowest BCUT2D eigenvalue weighted by atomic mass is 10.0. The maximum absolute atomic E-state index is 13.4. The minimum atomic E-state index is -0.284. The molecule has 2 rings (SSSR count). The van der Waals surface area contributed by atoms with Gasteiger partial charge in [0.15, 0.2) is 0 Å². The molecule has 0 spiro atoms. The minimum Gasteiger partial charge on any atom is -0.271 e. The number of nitrogens with zero attached hydrogens (tertiary/aromatic N) is 1. The Morgan fingerprint density at radius 3 is 2.50 bits per heavy atom. The summed E-state index contributed by atoms with van der Waals surface area (Å²) in [5, 5.41) is 0. The Morgan fingerprint density at radius 2 is 1.90 bits per heavy atom. The standard InChI is InChI=1S/C13H11Br3FN3/c14-8-1-7(2-10(17)4-8)3-12(20-18)13-11(16)5-9(15)6-19-13/h1-2,4-6,12,20H,3,18H2. The molecule has 0 fully saturated rings. The molecule has 7 heteroatoms. The van der Waals surface area contributed by atoms with Crippen LogP contribution in [0.3, 0.4) is 0 Å². The van der Waals surface area contributed by atoms with Gasteiger partial charge in [0.2, 0.25) is 0 Å². The van der Waals surface area contributed by atoms with Crippen LogP contribution in [0.15, 0.2) is 43.9 Å². The average molecular weight is 468 g/mol. The zero-order valence-electron chi connectivity index (χ0n) is 10.2. The van der Waals surface area contributed by atoms with E-state index in [0.29, 0.717) is 10.9 Å². The minimum absolute atomic E-state index is 0.217. The van der Waals surface area contributed by atoms with Gasteiger partial charge in [-0.15, -0.1) is 0 Å². The molecule has 0 saturated carbocycles. The molecule has 1 aromatic heterocycles. The molecule has 0 bridgehead atoms. The van der Waals surface area contributed by atoms with Gasteiger partial charge in [0, 0.05) is 19.6 Å². The summed E-state index contributed by atoms with van der Waals surface area (Å²) >= 11 is 10.1. The third-order valence-electron chi connectivity index (χ3n) is 2.73. The van der Waals surface area contributed by atoms with E-state index in [-0.39, 0.29) is 11.9 Å². The first-order valence-electron chi connectivity index (χ1n) is 5.71. The second kappa shape index (κ2) is 7.09. The van der Waals surface area contributed by atoms with Gasteiger partial charge >= 0.3 is 0 Å². The van der Waals surface area contributed by atoms with Crippen molar-refractivity contribution in [2.24, 2.45) is 5.84 Å². The summed E-state index contributed by atoms with van der Waals surface area (Å²) in [6, 6.07) is 6.45. The number of aromatic nitrogens is 1. The highest BCUT2D eigenvalue weighted by atomic mass is 79.9. The summed E-state index contributed by atoms with van der Waals surface area (Å²) < 4.78 is 15.8. The van der Waals surface area contributed by atoms with Gasteiger partial charge in [-0.3, -0.25) is 16.3 Å². The highest BCUT2D eigenvalue weighted by Gasteiger charge is 2.16.